The first-order valence-electron chi connectivity index (χ1n) is 11.6. The maximum atomic E-state index is 12.0. The number of benzene rings is 1. The van der Waals surface area contributed by atoms with Gasteiger partial charge in [-0.15, -0.1) is 0 Å². The van der Waals surface area contributed by atoms with Crippen LogP contribution in [-0.4, -0.2) is 62.8 Å². The smallest absolute Gasteiger partial charge is 0.243 e. The summed E-state index contributed by atoms with van der Waals surface area (Å²) in [6.45, 7) is 5.63. The zero-order chi connectivity index (χ0) is 24.5. The Morgan fingerprint density at radius 2 is 1.97 bits per heavy atom. The molecule has 10 nitrogen and oxygen atoms in total. The van der Waals surface area contributed by atoms with E-state index in [-0.39, 0.29) is 24.4 Å². The van der Waals surface area contributed by atoms with Crippen LogP contribution in [0.5, 0.6) is 11.5 Å². The highest BCUT2D eigenvalue weighted by Gasteiger charge is 2.22. The number of aromatic nitrogens is 5. The van der Waals surface area contributed by atoms with Crippen LogP contribution in [-0.2, 0) is 11.3 Å². The molecule has 4 heterocycles. The van der Waals surface area contributed by atoms with E-state index < -0.39 is 0 Å². The lowest BCUT2D eigenvalue weighted by Gasteiger charge is -2.26. The predicted octanol–water partition coefficient (Wildman–Crippen LogP) is 3.49. The summed E-state index contributed by atoms with van der Waals surface area (Å²) in [4.78, 5) is 25.9. The number of likely N-dealkylation sites (N-methyl/N-ethyl adjacent to an activating group) is 1. The fraction of sp³-hybridized carbons (Fsp3) is 0.360. The van der Waals surface area contributed by atoms with Crippen LogP contribution in [0.2, 0.25) is 0 Å². The summed E-state index contributed by atoms with van der Waals surface area (Å²) < 4.78 is 13.1. The first-order chi connectivity index (χ1) is 16.9. The van der Waals surface area contributed by atoms with Crippen molar-refractivity contribution in [2.45, 2.75) is 26.4 Å². The number of hydrogen-bond acceptors (Lipinski definition) is 7. The van der Waals surface area contributed by atoms with Crippen molar-refractivity contribution < 1.29 is 14.3 Å². The first-order valence-corrected chi connectivity index (χ1v) is 11.6. The van der Waals surface area contributed by atoms with Crippen molar-refractivity contribution in [2.75, 3.05) is 32.6 Å². The molecule has 0 radical (unpaired) electrons. The van der Waals surface area contributed by atoms with Gasteiger partial charge in [0.25, 0.3) is 0 Å². The highest BCUT2D eigenvalue weighted by molar-refractivity contribution is 5.91. The van der Waals surface area contributed by atoms with Gasteiger partial charge >= 0.3 is 0 Å². The number of amides is 1. The molecule has 1 amide bonds. The Balaban J connectivity index is 1.43. The molecule has 0 saturated carbocycles. The second kappa shape index (κ2) is 9.28. The monoisotopic (exact) mass is 475 g/mol. The van der Waals surface area contributed by atoms with Crippen LogP contribution in [0.1, 0.15) is 25.5 Å². The lowest BCUT2D eigenvalue weighted by Crippen LogP contribution is -2.26. The predicted molar refractivity (Wildman–Crippen MR) is 132 cm³/mol. The van der Waals surface area contributed by atoms with Crippen LogP contribution in [0.4, 0.5) is 5.82 Å². The minimum Gasteiger partial charge on any atom is -0.486 e. The summed E-state index contributed by atoms with van der Waals surface area (Å²) in [5.74, 6) is 2.54. The molecule has 10 heteroatoms. The van der Waals surface area contributed by atoms with Gasteiger partial charge in [0.15, 0.2) is 11.5 Å². The van der Waals surface area contributed by atoms with E-state index >= 15 is 0 Å². The van der Waals surface area contributed by atoms with E-state index in [0.29, 0.717) is 13.2 Å². The molecule has 0 saturated heterocycles. The lowest BCUT2D eigenvalue weighted by atomic mass is 9.95. The number of nitrogens with one attached hydrogen (secondary N) is 2. The minimum atomic E-state index is -0.0208. The van der Waals surface area contributed by atoms with E-state index in [9.17, 15) is 4.79 Å². The molecule has 1 atom stereocenters. The van der Waals surface area contributed by atoms with Crippen LogP contribution in [0.3, 0.4) is 0 Å². The number of carbonyl (C=O) groups excluding carboxylic acids is 1. The molecule has 182 valence electrons. The summed E-state index contributed by atoms with van der Waals surface area (Å²) in [7, 11) is 3.46. The van der Waals surface area contributed by atoms with Crippen molar-refractivity contribution in [1.82, 2.24) is 29.6 Å². The van der Waals surface area contributed by atoms with Gasteiger partial charge in [-0.1, -0.05) is 19.9 Å². The summed E-state index contributed by atoms with van der Waals surface area (Å²) in [6, 6.07) is 8.07. The molecule has 0 spiro atoms. The number of fused-ring (bicyclic) bond motifs is 2. The van der Waals surface area contributed by atoms with Crippen molar-refractivity contribution >= 4 is 22.8 Å². The van der Waals surface area contributed by atoms with Crippen LogP contribution < -0.4 is 14.8 Å². The van der Waals surface area contributed by atoms with Crippen molar-refractivity contribution in [3.05, 3.63) is 48.5 Å². The van der Waals surface area contributed by atoms with Gasteiger partial charge in [-0.25, -0.2) is 9.97 Å². The largest absolute Gasteiger partial charge is 0.486 e. The van der Waals surface area contributed by atoms with Crippen LogP contribution in [0, 0.1) is 5.92 Å². The van der Waals surface area contributed by atoms with Gasteiger partial charge in [-0.3, -0.25) is 9.48 Å². The molecule has 2 N–H and O–H groups in total. The van der Waals surface area contributed by atoms with Gasteiger partial charge < -0.3 is 24.7 Å². The van der Waals surface area contributed by atoms with Gasteiger partial charge in [-0.05, 0) is 29.7 Å². The minimum absolute atomic E-state index is 0.00192. The van der Waals surface area contributed by atoms with Gasteiger partial charge in [0.2, 0.25) is 5.91 Å². The van der Waals surface area contributed by atoms with Gasteiger partial charge in [0, 0.05) is 25.9 Å². The first kappa shape index (κ1) is 22.7. The Kier molecular flexibility index (Phi) is 6.02. The van der Waals surface area contributed by atoms with Crippen LogP contribution in [0.15, 0.2) is 43.0 Å². The maximum Gasteiger partial charge on any atom is 0.243 e. The normalized spacial score (nSPS) is 13.7. The van der Waals surface area contributed by atoms with E-state index in [1.807, 2.05) is 24.4 Å². The molecule has 4 aromatic rings. The van der Waals surface area contributed by atoms with Crippen LogP contribution in [0.25, 0.3) is 22.3 Å². The van der Waals surface area contributed by atoms with E-state index in [4.69, 9.17) is 9.47 Å². The second-order valence-corrected chi connectivity index (χ2v) is 9.15. The Morgan fingerprint density at radius 1 is 1.17 bits per heavy atom. The Labute approximate surface area is 203 Å². The van der Waals surface area contributed by atoms with Gasteiger partial charge in [-0.2, -0.15) is 5.10 Å². The Morgan fingerprint density at radius 3 is 2.74 bits per heavy atom. The number of hydrogen-bond donors (Lipinski definition) is 2. The van der Waals surface area contributed by atoms with Crippen molar-refractivity contribution in [3.63, 3.8) is 0 Å². The molecule has 0 aliphatic carbocycles. The third-order valence-corrected chi connectivity index (χ3v) is 6.05. The number of ether oxygens (including phenoxy) is 2. The molecule has 1 aliphatic rings. The number of aromatic amines is 1. The number of anilines is 1. The fourth-order valence-electron chi connectivity index (χ4n) is 4.12. The maximum absolute atomic E-state index is 12.0. The molecule has 5 rings (SSSR count). The summed E-state index contributed by atoms with van der Waals surface area (Å²) in [6.07, 6.45) is 5.13. The highest BCUT2D eigenvalue weighted by Crippen LogP contribution is 2.36. The Hall–Kier alpha value is -4.08. The average molecular weight is 476 g/mol. The number of H-pyrrole nitrogens is 1. The van der Waals surface area contributed by atoms with Gasteiger partial charge in [0.1, 0.15) is 37.6 Å². The number of carbonyl (C=O) groups is 1. The van der Waals surface area contributed by atoms with Crippen molar-refractivity contribution in [1.29, 1.82) is 0 Å². The zero-order valence-electron chi connectivity index (χ0n) is 20.3. The number of rotatable bonds is 7. The molecule has 3 aromatic heterocycles. The van der Waals surface area contributed by atoms with E-state index in [0.717, 1.165) is 45.2 Å². The molecular weight excluding hydrogens is 446 g/mol. The van der Waals surface area contributed by atoms with E-state index in [1.165, 1.54) is 0 Å². The topological polar surface area (TPSA) is 110 Å². The Bertz CT molecular complexity index is 1360. The molecule has 0 bridgehead atoms. The fourth-order valence-corrected chi connectivity index (χ4v) is 4.12. The SMILES string of the molecule is CC(C)[C@@H](Nc1ncnc2[nH]c(-c3cnn(CC(=O)N(C)C)c3)cc12)c1ccc2c(c1)OCCO2. The van der Waals surface area contributed by atoms with Gasteiger partial charge in [0.05, 0.1) is 23.3 Å². The van der Waals surface area contributed by atoms with Crippen molar-refractivity contribution in [3.8, 4) is 22.8 Å². The zero-order valence-corrected chi connectivity index (χ0v) is 20.3. The number of nitrogens with zero attached hydrogens (tertiary/aromatic N) is 5. The van der Waals surface area contributed by atoms with Crippen molar-refractivity contribution in [2.24, 2.45) is 5.92 Å². The molecule has 0 fully saturated rings. The molecule has 1 aromatic carbocycles. The average Bonchev–Trinajstić information content (AvgIpc) is 3.49. The summed E-state index contributed by atoms with van der Waals surface area (Å²) in [5, 5.41) is 8.82. The molecular formula is C25H29N7O3. The molecule has 35 heavy (non-hydrogen) atoms. The third-order valence-electron chi connectivity index (χ3n) is 6.05. The lowest BCUT2D eigenvalue weighted by molar-refractivity contribution is -0.129. The second-order valence-electron chi connectivity index (χ2n) is 9.15. The summed E-state index contributed by atoms with van der Waals surface area (Å²) >= 11 is 0. The third kappa shape index (κ3) is 4.64. The highest BCUT2D eigenvalue weighted by atomic mass is 16.6. The van der Waals surface area contributed by atoms with E-state index in [2.05, 4.69) is 45.3 Å². The quantitative estimate of drug-likeness (QED) is 0.421. The molecule has 1 aliphatic heterocycles. The van der Waals surface area contributed by atoms with Crippen LogP contribution >= 0.6 is 0 Å². The standard InChI is InChI=1S/C25H29N7O3/c1-15(2)23(16-5-6-20-21(9-16)35-8-7-34-20)30-25-18-10-19(29-24(18)26-14-27-25)17-11-28-32(12-17)13-22(33)31(3)4/h5-6,9-12,14-15,23H,7-8,13H2,1-4H3,(H2,26,27,29,30)/t23-/m1/s1. The molecule has 0 unspecified atom stereocenters. The summed E-state index contributed by atoms with van der Waals surface area (Å²) in [5.41, 5.74) is 3.54. The van der Waals surface area contributed by atoms with E-state index in [1.54, 1.807) is 36.2 Å².